The van der Waals surface area contributed by atoms with Gasteiger partial charge in [-0.05, 0) is 66.4 Å². The van der Waals surface area contributed by atoms with Gasteiger partial charge in [0, 0.05) is 29.1 Å². The fraction of sp³-hybridized carbons (Fsp3) is 0.257. The number of carbonyl (C=O) groups excluding carboxylic acids is 2. The molecule has 240 valence electrons. The molecular formula is C35H34Cl2FN3O4S. The van der Waals surface area contributed by atoms with E-state index in [2.05, 4.69) is 5.32 Å². The van der Waals surface area contributed by atoms with Gasteiger partial charge in [-0.25, -0.2) is 12.8 Å². The van der Waals surface area contributed by atoms with E-state index in [-0.39, 0.29) is 45.5 Å². The quantitative estimate of drug-likeness (QED) is 0.174. The van der Waals surface area contributed by atoms with Gasteiger partial charge in [0.25, 0.3) is 10.0 Å². The van der Waals surface area contributed by atoms with Crippen molar-refractivity contribution in [2.75, 3.05) is 10.8 Å². The lowest BCUT2D eigenvalue weighted by atomic mass is 10.0. The summed E-state index contributed by atoms with van der Waals surface area (Å²) in [5.74, 6) is -1.42. The minimum Gasteiger partial charge on any atom is -0.352 e. The van der Waals surface area contributed by atoms with Crippen LogP contribution in [0.25, 0.3) is 0 Å². The molecule has 1 fully saturated rings. The highest BCUT2D eigenvalue weighted by molar-refractivity contribution is 7.92. The molecule has 1 atom stereocenters. The Morgan fingerprint density at radius 1 is 0.826 bits per heavy atom. The largest absolute Gasteiger partial charge is 0.352 e. The van der Waals surface area contributed by atoms with Crippen molar-refractivity contribution in [3.8, 4) is 0 Å². The van der Waals surface area contributed by atoms with Crippen molar-refractivity contribution >= 4 is 50.7 Å². The van der Waals surface area contributed by atoms with Crippen LogP contribution in [-0.2, 0) is 32.6 Å². The van der Waals surface area contributed by atoms with E-state index in [1.165, 1.54) is 47.4 Å². The molecule has 0 heterocycles. The molecule has 7 nitrogen and oxygen atoms in total. The van der Waals surface area contributed by atoms with E-state index in [1.54, 1.807) is 30.3 Å². The number of halogens is 3. The maximum absolute atomic E-state index is 14.5. The van der Waals surface area contributed by atoms with Gasteiger partial charge in [0.05, 0.1) is 10.6 Å². The first-order chi connectivity index (χ1) is 22.1. The van der Waals surface area contributed by atoms with Crippen LogP contribution in [0.15, 0.2) is 108 Å². The fourth-order valence-corrected chi connectivity index (χ4v) is 7.57. The summed E-state index contributed by atoms with van der Waals surface area (Å²) in [7, 11) is -4.30. The molecule has 0 unspecified atom stereocenters. The molecular weight excluding hydrogens is 648 g/mol. The van der Waals surface area contributed by atoms with Crippen LogP contribution in [0, 0.1) is 5.82 Å². The van der Waals surface area contributed by atoms with Gasteiger partial charge in [-0.2, -0.15) is 0 Å². The molecule has 1 saturated carbocycles. The van der Waals surface area contributed by atoms with Crippen molar-refractivity contribution < 1.29 is 22.4 Å². The molecule has 2 amide bonds. The van der Waals surface area contributed by atoms with Crippen molar-refractivity contribution in [3.05, 3.63) is 130 Å². The first-order valence-corrected chi connectivity index (χ1v) is 17.2. The number of sulfonamides is 1. The van der Waals surface area contributed by atoms with Crippen LogP contribution in [0.4, 0.5) is 10.1 Å². The van der Waals surface area contributed by atoms with Gasteiger partial charge in [-0.1, -0.05) is 96.7 Å². The Kier molecular flexibility index (Phi) is 11.0. The average Bonchev–Trinajstić information content (AvgIpc) is 3.55. The van der Waals surface area contributed by atoms with Gasteiger partial charge in [-0.15, -0.1) is 0 Å². The monoisotopic (exact) mass is 681 g/mol. The molecule has 1 N–H and O–H groups in total. The fourth-order valence-electron chi connectivity index (χ4n) is 5.64. The van der Waals surface area contributed by atoms with Gasteiger partial charge in [0.2, 0.25) is 11.8 Å². The molecule has 5 rings (SSSR count). The molecule has 1 aliphatic rings. The second kappa shape index (κ2) is 15.1. The standard InChI is InChI=1S/C35H34Cl2FN3O4S/c36-27-20-28(37)22-31(21-27)41(46(44,45)32-13-5-2-6-14-32)24-34(42)40(23-26-15-17-29(38)18-16-26)33(19-25-9-3-1-4-10-25)35(43)39-30-11-7-8-12-30/h1-6,9-10,13-18,20-22,30,33H,7-8,11-12,19,23-24H2,(H,39,43)/t33-/m1/s1. The van der Waals surface area contributed by atoms with Crippen molar-refractivity contribution in [1.29, 1.82) is 0 Å². The van der Waals surface area contributed by atoms with E-state index in [0.29, 0.717) is 5.56 Å². The number of amides is 2. The summed E-state index contributed by atoms with van der Waals surface area (Å²) in [4.78, 5) is 29.9. The molecule has 11 heteroatoms. The maximum atomic E-state index is 14.5. The van der Waals surface area contributed by atoms with E-state index in [0.717, 1.165) is 35.6 Å². The third-order valence-corrected chi connectivity index (χ3v) is 10.2. The lowest BCUT2D eigenvalue weighted by Crippen LogP contribution is -2.54. The Hall–Kier alpha value is -3.92. The molecule has 0 radical (unpaired) electrons. The third-order valence-electron chi connectivity index (χ3n) is 7.98. The Morgan fingerprint density at radius 3 is 2.02 bits per heavy atom. The predicted octanol–water partition coefficient (Wildman–Crippen LogP) is 7.03. The smallest absolute Gasteiger partial charge is 0.264 e. The van der Waals surface area contributed by atoms with Crippen molar-refractivity contribution in [1.82, 2.24) is 10.2 Å². The Morgan fingerprint density at radius 2 is 1.41 bits per heavy atom. The SMILES string of the molecule is O=C(NC1CCCC1)[C@@H](Cc1ccccc1)N(Cc1ccc(F)cc1)C(=O)CN(c1cc(Cl)cc(Cl)c1)S(=O)(=O)c1ccccc1. The zero-order chi connectivity index (χ0) is 32.7. The average molecular weight is 683 g/mol. The molecule has 0 aliphatic heterocycles. The van der Waals surface area contributed by atoms with E-state index < -0.39 is 34.3 Å². The third kappa shape index (κ3) is 8.46. The molecule has 0 saturated heterocycles. The Labute approximate surface area is 279 Å². The predicted molar refractivity (Wildman–Crippen MR) is 179 cm³/mol. The van der Waals surface area contributed by atoms with E-state index in [1.807, 2.05) is 30.3 Å². The normalized spacial score (nSPS) is 14.1. The van der Waals surface area contributed by atoms with Crippen LogP contribution in [0.2, 0.25) is 10.0 Å². The number of anilines is 1. The van der Waals surface area contributed by atoms with Crippen molar-refractivity contribution in [2.24, 2.45) is 0 Å². The zero-order valence-corrected chi connectivity index (χ0v) is 27.3. The van der Waals surface area contributed by atoms with Gasteiger partial charge in [0.1, 0.15) is 18.4 Å². The minimum absolute atomic E-state index is 0.0166. The van der Waals surface area contributed by atoms with Crippen molar-refractivity contribution in [3.63, 3.8) is 0 Å². The lowest BCUT2D eigenvalue weighted by molar-refractivity contribution is -0.140. The van der Waals surface area contributed by atoms with Crippen LogP contribution in [-0.4, -0.2) is 43.8 Å². The highest BCUT2D eigenvalue weighted by atomic mass is 35.5. The summed E-state index contributed by atoms with van der Waals surface area (Å²) in [5, 5.41) is 3.49. The second-order valence-electron chi connectivity index (χ2n) is 11.3. The number of nitrogens with one attached hydrogen (secondary N) is 1. The van der Waals surface area contributed by atoms with Crippen LogP contribution >= 0.6 is 23.2 Å². The van der Waals surface area contributed by atoms with E-state index in [4.69, 9.17) is 23.2 Å². The summed E-state index contributed by atoms with van der Waals surface area (Å²) in [6.45, 7) is -0.721. The van der Waals surface area contributed by atoms with Crippen LogP contribution < -0.4 is 9.62 Å². The highest BCUT2D eigenvalue weighted by Crippen LogP contribution is 2.30. The minimum atomic E-state index is -4.30. The Bertz CT molecular complexity index is 1730. The second-order valence-corrected chi connectivity index (χ2v) is 14.0. The molecule has 46 heavy (non-hydrogen) atoms. The van der Waals surface area contributed by atoms with Crippen molar-refractivity contribution in [2.45, 2.75) is 55.6 Å². The van der Waals surface area contributed by atoms with Crippen LogP contribution in [0.5, 0.6) is 0 Å². The Balaban J connectivity index is 1.57. The summed E-state index contributed by atoms with van der Waals surface area (Å²) >= 11 is 12.6. The summed E-state index contributed by atoms with van der Waals surface area (Å²) in [6.07, 6.45) is 3.87. The van der Waals surface area contributed by atoms with Crippen LogP contribution in [0.1, 0.15) is 36.8 Å². The first kappa shape index (κ1) is 33.4. The molecule has 0 bridgehead atoms. The van der Waals surface area contributed by atoms with E-state index >= 15 is 0 Å². The first-order valence-electron chi connectivity index (χ1n) is 15.0. The number of carbonyl (C=O) groups is 2. The summed E-state index contributed by atoms with van der Waals surface area (Å²) in [6, 6.07) is 26.0. The summed E-state index contributed by atoms with van der Waals surface area (Å²) in [5.41, 5.74) is 1.48. The van der Waals surface area contributed by atoms with Crippen LogP contribution in [0.3, 0.4) is 0 Å². The summed E-state index contributed by atoms with van der Waals surface area (Å²) < 4.78 is 43.0. The van der Waals surface area contributed by atoms with Gasteiger partial charge < -0.3 is 10.2 Å². The molecule has 1 aliphatic carbocycles. The van der Waals surface area contributed by atoms with Gasteiger partial charge >= 0.3 is 0 Å². The zero-order valence-electron chi connectivity index (χ0n) is 25.0. The maximum Gasteiger partial charge on any atom is 0.264 e. The number of hydrogen-bond donors (Lipinski definition) is 1. The number of nitrogens with zero attached hydrogens (tertiary/aromatic N) is 2. The highest BCUT2D eigenvalue weighted by Gasteiger charge is 2.35. The molecule has 0 aromatic heterocycles. The lowest BCUT2D eigenvalue weighted by Gasteiger charge is -2.34. The molecule has 4 aromatic rings. The molecule has 4 aromatic carbocycles. The van der Waals surface area contributed by atoms with Gasteiger partial charge in [-0.3, -0.25) is 13.9 Å². The number of rotatable bonds is 12. The topological polar surface area (TPSA) is 86.8 Å². The number of hydrogen-bond acceptors (Lipinski definition) is 4. The van der Waals surface area contributed by atoms with E-state index in [9.17, 15) is 22.4 Å². The molecule has 0 spiro atoms. The van der Waals surface area contributed by atoms with Gasteiger partial charge in [0.15, 0.2) is 0 Å². The number of benzene rings is 4.